The molecule has 0 aromatic rings. The minimum Gasteiger partial charge on any atom is -0.306 e. The lowest BCUT2D eigenvalue weighted by atomic mass is 10.0. The Morgan fingerprint density at radius 3 is 2.29 bits per heavy atom. The van der Waals surface area contributed by atoms with Gasteiger partial charge in [0.15, 0.2) is 0 Å². The molecule has 1 heteroatoms. The van der Waals surface area contributed by atoms with E-state index in [-0.39, 0.29) is 0 Å². The van der Waals surface area contributed by atoms with Gasteiger partial charge in [-0.25, -0.2) is 0 Å². The number of rotatable bonds is 9. The third-order valence-corrected chi connectivity index (χ3v) is 2.82. The molecule has 84 valence electrons. The van der Waals surface area contributed by atoms with Crippen molar-refractivity contribution in [3.63, 3.8) is 0 Å². The van der Waals surface area contributed by atoms with Gasteiger partial charge >= 0.3 is 0 Å². The maximum Gasteiger partial charge on any atom is 0.00892 e. The van der Waals surface area contributed by atoms with Crippen LogP contribution in [0.5, 0.6) is 0 Å². The minimum absolute atomic E-state index is 0.779. The normalized spacial score (nSPS) is 13.1. The second-order valence-corrected chi connectivity index (χ2v) is 4.33. The van der Waals surface area contributed by atoms with E-state index in [0.29, 0.717) is 0 Å². The van der Waals surface area contributed by atoms with Crippen molar-refractivity contribution in [1.29, 1.82) is 0 Å². The van der Waals surface area contributed by atoms with E-state index in [9.17, 15) is 0 Å². The first-order chi connectivity index (χ1) is 6.72. The van der Waals surface area contributed by atoms with Crippen molar-refractivity contribution in [2.75, 3.05) is 14.1 Å². The van der Waals surface area contributed by atoms with Gasteiger partial charge in [0.05, 0.1) is 0 Å². The smallest absolute Gasteiger partial charge is 0.00892 e. The van der Waals surface area contributed by atoms with Gasteiger partial charge in [0.1, 0.15) is 0 Å². The van der Waals surface area contributed by atoms with Crippen molar-refractivity contribution < 1.29 is 0 Å². The summed E-state index contributed by atoms with van der Waals surface area (Å²) in [4.78, 5) is 2.37. The molecule has 0 bridgehead atoms. The lowest BCUT2D eigenvalue weighted by Gasteiger charge is -2.24. The molecule has 14 heavy (non-hydrogen) atoms. The quantitative estimate of drug-likeness (QED) is 0.401. The maximum absolute atomic E-state index is 3.76. The Morgan fingerprint density at radius 2 is 1.79 bits per heavy atom. The molecule has 0 radical (unpaired) electrons. The maximum atomic E-state index is 3.76. The Kier molecular flexibility index (Phi) is 9.06. The molecule has 0 saturated heterocycles. The van der Waals surface area contributed by atoms with Crippen LogP contribution in [-0.2, 0) is 0 Å². The van der Waals surface area contributed by atoms with Crippen LogP contribution in [0.15, 0.2) is 12.7 Å². The lowest BCUT2D eigenvalue weighted by molar-refractivity contribution is 0.254. The molecule has 0 aliphatic carbocycles. The second kappa shape index (κ2) is 9.26. The van der Waals surface area contributed by atoms with Crippen LogP contribution < -0.4 is 0 Å². The Labute approximate surface area is 90.2 Å². The first-order valence-corrected chi connectivity index (χ1v) is 5.99. The predicted octanol–water partition coefficient (Wildman–Crippen LogP) is 3.85. The zero-order valence-electron chi connectivity index (χ0n) is 10.3. The first kappa shape index (κ1) is 13.7. The number of hydrogen-bond acceptors (Lipinski definition) is 1. The molecule has 0 fully saturated rings. The summed E-state index contributed by atoms with van der Waals surface area (Å²) in [6.07, 6.45) is 11.3. The highest BCUT2D eigenvalue weighted by Crippen LogP contribution is 2.13. The lowest BCUT2D eigenvalue weighted by Crippen LogP contribution is -2.27. The highest BCUT2D eigenvalue weighted by atomic mass is 15.1. The molecule has 0 spiro atoms. The van der Waals surface area contributed by atoms with E-state index in [4.69, 9.17) is 0 Å². The van der Waals surface area contributed by atoms with Gasteiger partial charge in [0, 0.05) is 6.04 Å². The molecular weight excluding hydrogens is 170 g/mol. The molecular formula is C13H27N. The highest BCUT2D eigenvalue weighted by Gasteiger charge is 2.09. The fourth-order valence-electron chi connectivity index (χ4n) is 1.79. The molecule has 0 aliphatic rings. The molecule has 1 nitrogen and oxygen atoms in total. The molecule has 0 aliphatic heterocycles. The summed E-state index contributed by atoms with van der Waals surface area (Å²) in [5.41, 5.74) is 0. The van der Waals surface area contributed by atoms with E-state index in [1.165, 1.54) is 38.5 Å². The summed E-state index contributed by atoms with van der Waals surface area (Å²) in [6.45, 7) is 6.03. The van der Waals surface area contributed by atoms with Gasteiger partial charge in [-0.15, -0.1) is 6.58 Å². The molecule has 1 unspecified atom stereocenters. The number of hydrogen-bond donors (Lipinski definition) is 0. The van der Waals surface area contributed by atoms with Crippen LogP contribution in [0, 0.1) is 0 Å². The van der Waals surface area contributed by atoms with E-state index in [1.807, 2.05) is 6.08 Å². The van der Waals surface area contributed by atoms with Crippen LogP contribution >= 0.6 is 0 Å². The summed E-state index contributed by atoms with van der Waals surface area (Å²) < 4.78 is 0. The van der Waals surface area contributed by atoms with E-state index in [0.717, 1.165) is 12.5 Å². The second-order valence-electron chi connectivity index (χ2n) is 4.33. The van der Waals surface area contributed by atoms with E-state index in [2.05, 4.69) is 32.5 Å². The number of allylic oxidation sites excluding steroid dienone is 1. The predicted molar refractivity (Wildman–Crippen MR) is 65.7 cm³/mol. The first-order valence-electron chi connectivity index (χ1n) is 5.99. The third-order valence-electron chi connectivity index (χ3n) is 2.82. The van der Waals surface area contributed by atoms with Crippen LogP contribution in [0.3, 0.4) is 0 Å². The van der Waals surface area contributed by atoms with E-state index in [1.54, 1.807) is 0 Å². The van der Waals surface area contributed by atoms with Gasteiger partial charge in [-0.1, -0.05) is 32.3 Å². The average Bonchev–Trinajstić information content (AvgIpc) is 2.15. The number of nitrogens with zero attached hydrogens (tertiary/aromatic N) is 1. The van der Waals surface area contributed by atoms with Crippen molar-refractivity contribution in [2.24, 2.45) is 0 Å². The Balaban J connectivity index is 3.60. The summed E-state index contributed by atoms with van der Waals surface area (Å²) in [5, 5.41) is 0. The zero-order valence-corrected chi connectivity index (χ0v) is 10.3. The monoisotopic (exact) mass is 197 g/mol. The van der Waals surface area contributed by atoms with Gasteiger partial charge in [0.25, 0.3) is 0 Å². The van der Waals surface area contributed by atoms with Crippen LogP contribution in [0.2, 0.25) is 0 Å². The zero-order chi connectivity index (χ0) is 10.8. The molecule has 1 atom stereocenters. The van der Waals surface area contributed by atoms with Crippen molar-refractivity contribution in [3.8, 4) is 0 Å². The van der Waals surface area contributed by atoms with Gasteiger partial charge in [-0.3, -0.25) is 0 Å². The third kappa shape index (κ3) is 7.14. The van der Waals surface area contributed by atoms with Crippen molar-refractivity contribution in [1.82, 2.24) is 4.90 Å². The Hall–Kier alpha value is -0.300. The van der Waals surface area contributed by atoms with Gasteiger partial charge < -0.3 is 4.90 Å². The Morgan fingerprint density at radius 1 is 1.14 bits per heavy atom. The molecule has 0 amide bonds. The Bertz CT molecular complexity index is 129. The van der Waals surface area contributed by atoms with E-state index < -0.39 is 0 Å². The van der Waals surface area contributed by atoms with Crippen molar-refractivity contribution in [3.05, 3.63) is 12.7 Å². The van der Waals surface area contributed by atoms with Crippen molar-refractivity contribution in [2.45, 2.75) is 57.9 Å². The fraction of sp³-hybridized carbons (Fsp3) is 0.846. The largest absolute Gasteiger partial charge is 0.306 e. The summed E-state index contributed by atoms with van der Waals surface area (Å²) >= 11 is 0. The summed E-state index contributed by atoms with van der Waals surface area (Å²) in [6, 6.07) is 0.779. The average molecular weight is 197 g/mol. The number of unbranched alkanes of at least 4 members (excludes halogenated alkanes) is 3. The molecule has 0 saturated carbocycles. The fourth-order valence-corrected chi connectivity index (χ4v) is 1.79. The highest BCUT2D eigenvalue weighted by molar-refractivity contribution is 4.71. The minimum atomic E-state index is 0.779. The van der Waals surface area contributed by atoms with Crippen molar-refractivity contribution >= 4 is 0 Å². The van der Waals surface area contributed by atoms with Crippen LogP contribution in [0.4, 0.5) is 0 Å². The molecule has 0 aromatic carbocycles. The summed E-state index contributed by atoms with van der Waals surface area (Å²) in [5.74, 6) is 0. The van der Waals surface area contributed by atoms with Gasteiger partial charge in [-0.2, -0.15) is 0 Å². The summed E-state index contributed by atoms with van der Waals surface area (Å²) in [7, 11) is 4.40. The molecule has 0 heterocycles. The molecule has 0 N–H and O–H groups in total. The molecule has 0 aromatic heterocycles. The standard InChI is InChI=1S/C13H27N/c1-5-7-9-11-13(14(3)4)12-10-8-6-2/h5,13H,1,6-12H2,2-4H3. The van der Waals surface area contributed by atoms with Crippen LogP contribution in [0.25, 0.3) is 0 Å². The molecule has 0 rings (SSSR count). The van der Waals surface area contributed by atoms with Crippen LogP contribution in [-0.4, -0.2) is 25.0 Å². The van der Waals surface area contributed by atoms with E-state index >= 15 is 0 Å². The topological polar surface area (TPSA) is 3.24 Å². The van der Waals surface area contributed by atoms with Gasteiger partial charge in [0.2, 0.25) is 0 Å². The van der Waals surface area contributed by atoms with Crippen LogP contribution in [0.1, 0.15) is 51.9 Å². The SMILES string of the molecule is C=CCCCC(CCCCC)N(C)C. The van der Waals surface area contributed by atoms with Gasteiger partial charge in [-0.05, 0) is 39.8 Å².